The molecule has 2 aliphatic rings. The molecule has 0 saturated heterocycles. The smallest absolute Gasteiger partial charge is 0.315 e. The summed E-state index contributed by atoms with van der Waals surface area (Å²) in [5.41, 5.74) is 2.57. The molecule has 0 aromatic heterocycles. The molecular formula is C14H14O2. The van der Waals surface area contributed by atoms with E-state index in [0.29, 0.717) is 5.92 Å². The Morgan fingerprint density at radius 3 is 2.94 bits per heavy atom. The molecule has 0 bridgehead atoms. The van der Waals surface area contributed by atoms with Crippen LogP contribution in [0.25, 0.3) is 0 Å². The van der Waals surface area contributed by atoms with Crippen LogP contribution in [0, 0.1) is 5.92 Å². The van der Waals surface area contributed by atoms with Gasteiger partial charge in [-0.1, -0.05) is 29.8 Å². The van der Waals surface area contributed by atoms with Gasteiger partial charge < -0.3 is 4.74 Å². The molecule has 0 N–H and O–H groups in total. The maximum Gasteiger partial charge on any atom is 0.315 e. The summed E-state index contributed by atoms with van der Waals surface area (Å²) in [7, 11) is 0. The zero-order chi connectivity index (χ0) is 11.1. The van der Waals surface area contributed by atoms with Crippen LogP contribution in [0.5, 0.6) is 5.75 Å². The molecule has 3 rings (SSSR count). The predicted octanol–water partition coefficient (Wildman–Crippen LogP) is 3.05. The fraction of sp³-hybridized carbons (Fsp3) is 0.357. The van der Waals surface area contributed by atoms with Gasteiger partial charge in [-0.25, -0.2) is 0 Å². The van der Waals surface area contributed by atoms with Gasteiger partial charge in [-0.3, -0.25) is 4.79 Å². The number of hydrogen-bond acceptors (Lipinski definition) is 2. The topological polar surface area (TPSA) is 26.3 Å². The first-order chi connectivity index (χ1) is 7.75. The lowest BCUT2D eigenvalue weighted by Crippen LogP contribution is -2.33. The van der Waals surface area contributed by atoms with Gasteiger partial charge in [0.1, 0.15) is 5.75 Å². The van der Waals surface area contributed by atoms with E-state index >= 15 is 0 Å². The third-order valence-electron chi connectivity index (χ3n) is 3.58. The van der Waals surface area contributed by atoms with Gasteiger partial charge in [-0.05, 0) is 31.4 Å². The van der Waals surface area contributed by atoms with Crippen molar-refractivity contribution < 1.29 is 9.53 Å². The fourth-order valence-corrected chi connectivity index (χ4v) is 2.72. The molecule has 1 aromatic rings. The molecule has 0 unspecified atom stereocenters. The first kappa shape index (κ1) is 9.64. The summed E-state index contributed by atoms with van der Waals surface area (Å²) in [5, 5.41) is 0. The summed E-state index contributed by atoms with van der Waals surface area (Å²) < 4.78 is 5.37. The largest absolute Gasteiger partial charge is 0.426 e. The highest BCUT2D eigenvalue weighted by molar-refractivity contribution is 5.79. The average molecular weight is 214 g/mol. The Kier molecular flexibility index (Phi) is 2.10. The van der Waals surface area contributed by atoms with Crippen molar-refractivity contribution in [1.82, 2.24) is 0 Å². The van der Waals surface area contributed by atoms with Gasteiger partial charge in [-0.15, -0.1) is 0 Å². The Morgan fingerprint density at radius 2 is 2.06 bits per heavy atom. The van der Waals surface area contributed by atoms with Gasteiger partial charge in [0.2, 0.25) is 0 Å². The Bertz CT molecular complexity index is 473. The minimum absolute atomic E-state index is 0.0265. The first-order valence-electron chi connectivity index (χ1n) is 5.72. The molecule has 0 spiro atoms. The Morgan fingerprint density at radius 1 is 1.25 bits per heavy atom. The lowest BCUT2D eigenvalue weighted by Gasteiger charge is -2.34. The SMILES string of the molecule is CC1=CC[C@H]2C(=O)Oc3ccccc3[C@@H]2C1. The molecule has 0 radical (unpaired) electrons. The van der Waals surface area contributed by atoms with E-state index in [9.17, 15) is 4.79 Å². The summed E-state index contributed by atoms with van der Waals surface area (Å²) >= 11 is 0. The van der Waals surface area contributed by atoms with E-state index in [-0.39, 0.29) is 11.9 Å². The van der Waals surface area contributed by atoms with Crippen molar-refractivity contribution in [3.63, 3.8) is 0 Å². The molecule has 1 heterocycles. The highest BCUT2D eigenvalue weighted by atomic mass is 16.5. The molecule has 1 aliphatic carbocycles. The second kappa shape index (κ2) is 3.48. The van der Waals surface area contributed by atoms with Crippen molar-refractivity contribution in [3.05, 3.63) is 41.5 Å². The van der Waals surface area contributed by atoms with E-state index < -0.39 is 0 Å². The number of carbonyl (C=O) groups excluding carboxylic acids is 1. The van der Waals surface area contributed by atoms with Crippen LogP contribution in [0.15, 0.2) is 35.9 Å². The number of ether oxygens (including phenoxy) is 1. The monoisotopic (exact) mass is 214 g/mol. The molecule has 82 valence electrons. The number of rotatable bonds is 0. The normalized spacial score (nSPS) is 27.6. The summed E-state index contributed by atoms with van der Waals surface area (Å²) in [4.78, 5) is 11.8. The maximum absolute atomic E-state index is 11.8. The average Bonchev–Trinajstić information content (AvgIpc) is 2.29. The number of carbonyl (C=O) groups is 1. The standard InChI is InChI=1S/C14H14O2/c1-9-6-7-11-12(8-9)10-4-2-3-5-13(10)16-14(11)15/h2-6,11-12H,7-8H2,1H3/t11-,12+/m1/s1. The molecular weight excluding hydrogens is 200 g/mol. The molecule has 0 fully saturated rings. The van der Waals surface area contributed by atoms with Crippen LogP contribution < -0.4 is 4.74 Å². The van der Waals surface area contributed by atoms with Gasteiger partial charge in [0, 0.05) is 5.92 Å². The highest BCUT2D eigenvalue weighted by Gasteiger charge is 2.38. The van der Waals surface area contributed by atoms with Crippen LogP contribution in [0.2, 0.25) is 0 Å². The van der Waals surface area contributed by atoms with Crippen LogP contribution in [0.3, 0.4) is 0 Å². The quantitative estimate of drug-likeness (QED) is 0.377. The van der Waals surface area contributed by atoms with E-state index in [1.807, 2.05) is 18.2 Å². The molecule has 2 atom stereocenters. The minimum atomic E-state index is -0.0625. The number of allylic oxidation sites excluding steroid dienone is 2. The van der Waals surface area contributed by atoms with Gasteiger partial charge in [0.25, 0.3) is 0 Å². The van der Waals surface area contributed by atoms with Crippen molar-refractivity contribution >= 4 is 5.97 Å². The summed E-state index contributed by atoms with van der Waals surface area (Å²) in [6, 6.07) is 7.90. The van der Waals surface area contributed by atoms with E-state index in [2.05, 4.69) is 19.1 Å². The summed E-state index contributed by atoms with van der Waals surface area (Å²) in [5.74, 6) is 1.04. The first-order valence-corrected chi connectivity index (χ1v) is 5.72. The maximum atomic E-state index is 11.8. The number of esters is 1. The lowest BCUT2D eigenvalue weighted by molar-refractivity contribution is -0.141. The van der Waals surface area contributed by atoms with E-state index in [0.717, 1.165) is 18.6 Å². The highest BCUT2D eigenvalue weighted by Crippen LogP contribution is 2.44. The van der Waals surface area contributed by atoms with Gasteiger partial charge in [-0.2, -0.15) is 0 Å². The molecule has 2 heteroatoms. The second-order valence-electron chi connectivity index (χ2n) is 4.66. The van der Waals surface area contributed by atoms with Crippen molar-refractivity contribution in [2.24, 2.45) is 5.92 Å². The molecule has 16 heavy (non-hydrogen) atoms. The summed E-state index contributed by atoms with van der Waals surface area (Å²) in [6.45, 7) is 2.14. The van der Waals surface area contributed by atoms with Crippen molar-refractivity contribution in [2.45, 2.75) is 25.7 Å². The fourth-order valence-electron chi connectivity index (χ4n) is 2.72. The van der Waals surface area contributed by atoms with E-state index in [1.165, 1.54) is 11.1 Å². The van der Waals surface area contributed by atoms with Gasteiger partial charge in [0.15, 0.2) is 0 Å². The molecule has 1 aliphatic heterocycles. The van der Waals surface area contributed by atoms with Gasteiger partial charge >= 0.3 is 5.97 Å². The lowest BCUT2D eigenvalue weighted by atomic mass is 9.74. The van der Waals surface area contributed by atoms with Crippen LogP contribution in [-0.2, 0) is 4.79 Å². The second-order valence-corrected chi connectivity index (χ2v) is 4.66. The van der Waals surface area contributed by atoms with Crippen molar-refractivity contribution in [2.75, 3.05) is 0 Å². The molecule has 2 nitrogen and oxygen atoms in total. The number of benzene rings is 1. The zero-order valence-electron chi connectivity index (χ0n) is 9.27. The molecule has 0 saturated carbocycles. The number of hydrogen-bond donors (Lipinski definition) is 0. The minimum Gasteiger partial charge on any atom is -0.426 e. The van der Waals surface area contributed by atoms with Crippen LogP contribution in [0.4, 0.5) is 0 Å². The molecule has 1 aromatic carbocycles. The van der Waals surface area contributed by atoms with Crippen LogP contribution >= 0.6 is 0 Å². The van der Waals surface area contributed by atoms with Crippen LogP contribution in [-0.4, -0.2) is 5.97 Å². The third kappa shape index (κ3) is 1.37. The number of para-hydroxylation sites is 1. The van der Waals surface area contributed by atoms with Gasteiger partial charge in [0.05, 0.1) is 5.92 Å². The van der Waals surface area contributed by atoms with E-state index in [1.54, 1.807) is 0 Å². The Balaban J connectivity index is 2.08. The van der Waals surface area contributed by atoms with Crippen molar-refractivity contribution in [3.8, 4) is 5.75 Å². The Labute approximate surface area is 94.9 Å². The van der Waals surface area contributed by atoms with Crippen molar-refractivity contribution in [1.29, 1.82) is 0 Å². The van der Waals surface area contributed by atoms with Crippen LogP contribution in [0.1, 0.15) is 31.2 Å². The zero-order valence-corrected chi connectivity index (χ0v) is 9.27. The van der Waals surface area contributed by atoms with E-state index in [4.69, 9.17) is 4.74 Å². The Hall–Kier alpha value is -1.57. The third-order valence-corrected chi connectivity index (χ3v) is 3.58. The predicted molar refractivity (Wildman–Crippen MR) is 61.3 cm³/mol. The number of fused-ring (bicyclic) bond motifs is 3. The molecule has 0 amide bonds. The summed E-state index contributed by atoms with van der Waals surface area (Å²) in [6.07, 6.45) is 3.97.